The fraction of sp³-hybridized carbons (Fsp3) is 0.789. The van der Waals surface area contributed by atoms with Crippen LogP contribution in [0.3, 0.4) is 0 Å². The SMILES string of the molecule is CC(C)[C@H](NC(=O)CCCC(=O)N(C)C)C(=O)NCCNC(=O)OC(C)(C)C. The molecule has 0 aliphatic heterocycles. The van der Waals surface area contributed by atoms with E-state index in [1.54, 1.807) is 34.9 Å². The highest BCUT2D eigenvalue weighted by atomic mass is 16.6. The lowest BCUT2D eigenvalue weighted by molar-refractivity contribution is -0.131. The Morgan fingerprint density at radius 2 is 1.54 bits per heavy atom. The second-order valence-corrected chi connectivity index (χ2v) is 8.15. The first-order valence-corrected chi connectivity index (χ1v) is 9.57. The highest BCUT2D eigenvalue weighted by Crippen LogP contribution is 2.06. The van der Waals surface area contributed by atoms with Gasteiger partial charge in [0.05, 0.1) is 0 Å². The van der Waals surface area contributed by atoms with Crippen LogP contribution in [0.2, 0.25) is 0 Å². The second kappa shape index (κ2) is 12.2. The first-order valence-electron chi connectivity index (χ1n) is 9.57. The molecule has 0 spiro atoms. The molecule has 0 rings (SSSR count). The van der Waals surface area contributed by atoms with E-state index < -0.39 is 17.7 Å². The summed E-state index contributed by atoms with van der Waals surface area (Å²) in [7, 11) is 3.33. The van der Waals surface area contributed by atoms with Crippen molar-refractivity contribution in [2.75, 3.05) is 27.2 Å². The molecular formula is C19H36N4O5. The number of carbonyl (C=O) groups is 4. The summed E-state index contributed by atoms with van der Waals surface area (Å²) in [5.74, 6) is -0.736. The molecule has 0 saturated carbocycles. The Balaban J connectivity index is 4.29. The Morgan fingerprint density at radius 3 is 2.04 bits per heavy atom. The number of ether oxygens (including phenoxy) is 1. The fourth-order valence-corrected chi connectivity index (χ4v) is 2.18. The highest BCUT2D eigenvalue weighted by molar-refractivity contribution is 5.88. The van der Waals surface area contributed by atoms with E-state index >= 15 is 0 Å². The third-order valence-electron chi connectivity index (χ3n) is 3.65. The van der Waals surface area contributed by atoms with Gasteiger partial charge in [-0.2, -0.15) is 0 Å². The van der Waals surface area contributed by atoms with E-state index in [9.17, 15) is 19.2 Å². The molecule has 0 bridgehead atoms. The minimum absolute atomic E-state index is 0.0385. The summed E-state index contributed by atoms with van der Waals surface area (Å²) in [5, 5.41) is 7.96. The molecule has 9 heteroatoms. The molecule has 162 valence electrons. The van der Waals surface area contributed by atoms with Crippen molar-refractivity contribution >= 4 is 23.8 Å². The molecule has 3 N–H and O–H groups in total. The van der Waals surface area contributed by atoms with Crippen LogP contribution in [0.5, 0.6) is 0 Å². The quantitative estimate of drug-likeness (QED) is 0.474. The summed E-state index contributed by atoms with van der Waals surface area (Å²) < 4.78 is 5.11. The molecule has 9 nitrogen and oxygen atoms in total. The highest BCUT2D eigenvalue weighted by Gasteiger charge is 2.24. The van der Waals surface area contributed by atoms with Crippen LogP contribution < -0.4 is 16.0 Å². The van der Waals surface area contributed by atoms with Gasteiger partial charge in [0.25, 0.3) is 0 Å². The second-order valence-electron chi connectivity index (χ2n) is 8.15. The molecule has 1 atom stereocenters. The Labute approximate surface area is 167 Å². The number of carbonyl (C=O) groups excluding carboxylic acids is 4. The zero-order chi connectivity index (χ0) is 21.9. The Bertz CT molecular complexity index is 541. The molecule has 0 fully saturated rings. The molecule has 0 aliphatic carbocycles. The van der Waals surface area contributed by atoms with Crippen molar-refractivity contribution in [1.82, 2.24) is 20.9 Å². The number of amides is 4. The molecule has 0 unspecified atom stereocenters. The van der Waals surface area contributed by atoms with Crippen LogP contribution in [0, 0.1) is 5.92 Å². The maximum atomic E-state index is 12.3. The maximum Gasteiger partial charge on any atom is 0.407 e. The first kappa shape index (κ1) is 25.7. The smallest absolute Gasteiger partial charge is 0.407 e. The molecule has 0 aliphatic rings. The normalized spacial score (nSPS) is 12.1. The van der Waals surface area contributed by atoms with Crippen molar-refractivity contribution in [3.63, 3.8) is 0 Å². The number of hydrogen-bond acceptors (Lipinski definition) is 5. The van der Waals surface area contributed by atoms with Gasteiger partial charge in [-0.25, -0.2) is 4.79 Å². The third-order valence-corrected chi connectivity index (χ3v) is 3.65. The van der Waals surface area contributed by atoms with Gasteiger partial charge in [-0.15, -0.1) is 0 Å². The van der Waals surface area contributed by atoms with Crippen molar-refractivity contribution in [3.05, 3.63) is 0 Å². The Hall–Kier alpha value is -2.32. The lowest BCUT2D eigenvalue weighted by Gasteiger charge is -2.22. The van der Waals surface area contributed by atoms with Gasteiger partial charge >= 0.3 is 6.09 Å². The monoisotopic (exact) mass is 400 g/mol. The van der Waals surface area contributed by atoms with Gasteiger partial charge < -0.3 is 25.6 Å². The molecule has 0 aromatic carbocycles. The van der Waals surface area contributed by atoms with Crippen LogP contribution >= 0.6 is 0 Å². The Morgan fingerprint density at radius 1 is 0.964 bits per heavy atom. The molecule has 0 saturated heterocycles. The van der Waals surface area contributed by atoms with E-state index in [2.05, 4.69) is 16.0 Å². The third kappa shape index (κ3) is 12.1. The maximum absolute atomic E-state index is 12.3. The van der Waals surface area contributed by atoms with Gasteiger partial charge in [0.15, 0.2) is 0 Å². The number of hydrogen-bond donors (Lipinski definition) is 3. The van der Waals surface area contributed by atoms with Crippen LogP contribution in [0.15, 0.2) is 0 Å². The molecule has 0 heterocycles. The standard InChI is InChI=1S/C19H36N4O5/c1-13(2)16(22-14(24)9-8-10-15(25)23(6)7)17(26)20-11-12-21-18(27)28-19(3,4)5/h13,16H,8-12H2,1-7H3,(H,20,26)(H,21,27)(H,22,24)/t16-/m0/s1. The summed E-state index contributed by atoms with van der Waals surface area (Å²) in [6, 6.07) is -0.682. The topological polar surface area (TPSA) is 117 Å². The van der Waals surface area contributed by atoms with Crippen molar-refractivity contribution in [3.8, 4) is 0 Å². The van der Waals surface area contributed by atoms with Crippen LogP contribution in [-0.2, 0) is 19.1 Å². The molecule has 28 heavy (non-hydrogen) atoms. The van der Waals surface area contributed by atoms with E-state index in [-0.39, 0.29) is 49.6 Å². The average molecular weight is 401 g/mol. The molecule has 0 radical (unpaired) electrons. The first-order chi connectivity index (χ1) is 12.8. The Kier molecular flexibility index (Phi) is 11.2. The summed E-state index contributed by atoms with van der Waals surface area (Å²) in [4.78, 5) is 49.0. The lowest BCUT2D eigenvalue weighted by atomic mass is 10.0. The summed E-state index contributed by atoms with van der Waals surface area (Å²) in [6.45, 7) is 9.39. The molecule has 0 aromatic rings. The minimum atomic E-state index is -0.682. The van der Waals surface area contributed by atoms with Crippen LogP contribution in [0.1, 0.15) is 53.9 Å². The van der Waals surface area contributed by atoms with Crippen LogP contribution in [0.25, 0.3) is 0 Å². The van der Waals surface area contributed by atoms with Gasteiger partial charge in [0.2, 0.25) is 17.7 Å². The number of rotatable bonds is 10. The summed E-state index contributed by atoms with van der Waals surface area (Å²) in [6.07, 6.45) is 0.337. The predicted octanol–water partition coefficient (Wildman–Crippen LogP) is 1.03. The van der Waals surface area contributed by atoms with E-state index in [0.29, 0.717) is 6.42 Å². The van der Waals surface area contributed by atoms with Gasteiger partial charge in [0, 0.05) is 40.0 Å². The number of nitrogens with zero attached hydrogens (tertiary/aromatic N) is 1. The van der Waals surface area contributed by atoms with Crippen LogP contribution in [-0.4, -0.2) is 67.5 Å². The van der Waals surface area contributed by atoms with Gasteiger partial charge in [-0.3, -0.25) is 14.4 Å². The predicted molar refractivity (Wildman–Crippen MR) is 107 cm³/mol. The molecular weight excluding hydrogens is 364 g/mol. The lowest BCUT2D eigenvalue weighted by Crippen LogP contribution is -2.51. The summed E-state index contributed by atoms with van der Waals surface area (Å²) in [5.41, 5.74) is -0.586. The van der Waals surface area contributed by atoms with Crippen molar-refractivity contribution in [2.45, 2.75) is 65.5 Å². The van der Waals surface area contributed by atoms with Gasteiger partial charge in [-0.05, 0) is 33.1 Å². The van der Waals surface area contributed by atoms with E-state index in [1.165, 1.54) is 4.90 Å². The van der Waals surface area contributed by atoms with E-state index in [4.69, 9.17) is 4.74 Å². The minimum Gasteiger partial charge on any atom is -0.444 e. The van der Waals surface area contributed by atoms with E-state index in [0.717, 1.165) is 0 Å². The zero-order valence-corrected chi connectivity index (χ0v) is 18.2. The number of alkyl carbamates (subject to hydrolysis) is 1. The van der Waals surface area contributed by atoms with Crippen molar-refractivity contribution < 1.29 is 23.9 Å². The van der Waals surface area contributed by atoms with E-state index in [1.807, 2.05) is 13.8 Å². The zero-order valence-electron chi connectivity index (χ0n) is 18.2. The molecule has 0 aromatic heterocycles. The van der Waals surface area contributed by atoms with Gasteiger partial charge in [-0.1, -0.05) is 13.8 Å². The van der Waals surface area contributed by atoms with Crippen LogP contribution in [0.4, 0.5) is 4.79 Å². The van der Waals surface area contributed by atoms with Gasteiger partial charge in [0.1, 0.15) is 11.6 Å². The number of nitrogens with one attached hydrogen (secondary N) is 3. The van der Waals surface area contributed by atoms with Crippen molar-refractivity contribution in [1.29, 1.82) is 0 Å². The van der Waals surface area contributed by atoms with Crippen molar-refractivity contribution in [2.24, 2.45) is 5.92 Å². The summed E-state index contributed by atoms with van der Waals surface area (Å²) >= 11 is 0. The largest absolute Gasteiger partial charge is 0.444 e. The molecule has 4 amide bonds. The average Bonchev–Trinajstić information content (AvgIpc) is 2.54. The fourth-order valence-electron chi connectivity index (χ4n) is 2.18.